The third-order valence-electron chi connectivity index (χ3n) is 3.18. The van der Waals surface area contributed by atoms with Gasteiger partial charge in [-0.25, -0.2) is 0 Å². The molecule has 4 heteroatoms. The smallest absolute Gasteiger partial charge is 0.303 e. The van der Waals surface area contributed by atoms with E-state index in [1.807, 2.05) is 37.3 Å². The van der Waals surface area contributed by atoms with Crippen molar-refractivity contribution in [2.24, 2.45) is 0 Å². The number of hydrogen-bond acceptors (Lipinski definition) is 3. The van der Waals surface area contributed by atoms with Crippen LogP contribution in [0.5, 0.6) is 0 Å². The molecule has 0 aliphatic rings. The Bertz CT molecular complexity index is 458. The Balaban J connectivity index is 3.73. The summed E-state index contributed by atoms with van der Waals surface area (Å²) in [5.74, 6) is -0.831. The molecule has 0 amide bonds. The van der Waals surface area contributed by atoms with Crippen LogP contribution in [-0.4, -0.2) is 33.5 Å². The molecule has 0 radical (unpaired) electrons. The molecule has 2 atom stereocenters. The lowest BCUT2D eigenvalue weighted by atomic mass is 10.1. The molecule has 0 aromatic carbocycles. The van der Waals surface area contributed by atoms with E-state index < -0.39 is 12.1 Å². The number of aliphatic carboxylic acids is 1. The van der Waals surface area contributed by atoms with Crippen molar-refractivity contribution in [1.82, 2.24) is 0 Å². The third kappa shape index (κ3) is 16.5. The first-order valence-electron chi connectivity index (χ1n) is 8.45. The number of hydrogen-bond donors (Lipinski definition) is 3. The zero-order chi connectivity index (χ0) is 18.0. The fourth-order valence-electron chi connectivity index (χ4n) is 1.74. The van der Waals surface area contributed by atoms with Crippen molar-refractivity contribution >= 4 is 5.97 Å². The van der Waals surface area contributed by atoms with E-state index >= 15 is 0 Å². The Morgan fingerprint density at radius 1 is 0.875 bits per heavy atom. The molecule has 0 spiro atoms. The molecule has 0 unspecified atom stereocenters. The van der Waals surface area contributed by atoms with Gasteiger partial charge in [0.1, 0.15) is 0 Å². The highest BCUT2D eigenvalue weighted by molar-refractivity contribution is 5.66. The molecule has 0 saturated heterocycles. The van der Waals surface area contributed by atoms with E-state index in [1.165, 1.54) is 0 Å². The van der Waals surface area contributed by atoms with E-state index in [0.29, 0.717) is 12.8 Å². The Morgan fingerprint density at radius 2 is 1.42 bits per heavy atom. The Morgan fingerprint density at radius 3 is 1.92 bits per heavy atom. The number of carboxylic acid groups (broad SMARTS) is 1. The van der Waals surface area contributed by atoms with Crippen molar-refractivity contribution in [3.63, 3.8) is 0 Å². The molecular formula is C20H30O4. The van der Waals surface area contributed by atoms with Crippen molar-refractivity contribution in [2.45, 2.75) is 57.7 Å². The molecule has 0 aromatic rings. The molecule has 0 bridgehead atoms. The average molecular weight is 334 g/mol. The summed E-state index contributed by atoms with van der Waals surface area (Å²) < 4.78 is 0. The summed E-state index contributed by atoms with van der Waals surface area (Å²) in [5, 5.41) is 27.4. The van der Waals surface area contributed by atoms with Crippen LogP contribution in [-0.2, 0) is 4.79 Å². The van der Waals surface area contributed by atoms with Crippen LogP contribution in [0.1, 0.15) is 45.4 Å². The van der Waals surface area contributed by atoms with Crippen LogP contribution in [0.2, 0.25) is 0 Å². The molecular weight excluding hydrogens is 304 g/mol. The second-order valence-corrected chi connectivity index (χ2v) is 5.40. The number of carboxylic acids is 1. The van der Waals surface area contributed by atoms with E-state index in [4.69, 9.17) is 5.11 Å². The Kier molecular flexibility index (Phi) is 14.7. The van der Waals surface area contributed by atoms with E-state index in [-0.39, 0.29) is 12.5 Å². The van der Waals surface area contributed by atoms with Crippen molar-refractivity contribution in [1.29, 1.82) is 0 Å². The molecule has 0 aliphatic carbocycles. The normalized spacial score (nSPS) is 15.5. The van der Waals surface area contributed by atoms with Gasteiger partial charge >= 0.3 is 5.97 Å². The van der Waals surface area contributed by atoms with Crippen LogP contribution in [0.15, 0.2) is 60.8 Å². The Hall–Kier alpha value is -1.91. The highest BCUT2D eigenvalue weighted by Crippen LogP contribution is 2.02. The van der Waals surface area contributed by atoms with Gasteiger partial charge in [0.25, 0.3) is 0 Å². The van der Waals surface area contributed by atoms with Crippen molar-refractivity contribution in [3.05, 3.63) is 60.8 Å². The highest BCUT2D eigenvalue weighted by atomic mass is 16.4. The van der Waals surface area contributed by atoms with Gasteiger partial charge in [0, 0.05) is 6.42 Å². The van der Waals surface area contributed by atoms with Gasteiger partial charge in [0.15, 0.2) is 0 Å². The summed E-state index contributed by atoms with van der Waals surface area (Å²) in [6.45, 7) is 1.93. The van der Waals surface area contributed by atoms with E-state index in [0.717, 1.165) is 19.3 Å². The summed E-state index contributed by atoms with van der Waals surface area (Å²) in [7, 11) is 0. The van der Waals surface area contributed by atoms with Gasteiger partial charge in [0.2, 0.25) is 0 Å². The molecule has 0 aliphatic heterocycles. The number of allylic oxidation sites excluding steroid dienone is 8. The lowest BCUT2D eigenvalue weighted by molar-refractivity contribution is -0.137. The maximum atomic E-state index is 10.3. The van der Waals surface area contributed by atoms with Crippen LogP contribution in [0.25, 0.3) is 0 Å². The quantitative estimate of drug-likeness (QED) is 0.352. The monoisotopic (exact) mass is 334 g/mol. The largest absolute Gasteiger partial charge is 0.481 e. The minimum atomic E-state index is -0.831. The lowest BCUT2D eigenvalue weighted by Crippen LogP contribution is -2.03. The zero-order valence-corrected chi connectivity index (χ0v) is 14.4. The summed E-state index contributed by atoms with van der Waals surface area (Å²) in [6, 6.07) is 0. The first-order valence-corrected chi connectivity index (χ1v) is 8.45. The predicted octanol–water partition coefficient (Wildman–Crippen LogP) is 3.93. The van der Waals surface area contributed by atoms with Crippen molar-refractivity contribution in [2.75, 3.05) is 0 Å². The highest BCUT2D eigenvalue weighted by Gasteiger charge is 2.01. The van der Waals surface area contributed by atoms with E-state index in [9.17, 15) is 15.0 Å². The first kappa shape index (κ1) is 22.1. The zero-order valence-electron chi connectivity index (χ0n) is 14.4. The van der Waals surface area contributed by atoms with Crippen molar-refractivity contribution < 1.29 is 20.1 Å². The van der Waals surface area contributed by atoms with Gasteiger partial charge in [0.05, 0.1) is 12.2 Å². The van der Waals surface area contributed by atoms with Crippen LogP contribution in [0.4, 0.5) is 0 Å². The molecule has 3 N–H and O–H groups in total. The maximum Gasteiger partial charge on any atom is 0.303 e. The average Bonchev–Trinajstić information content (AvgIpc) is 2.55. The molecule has 134 valence electrons. The SMILES string of the molecule is CC[C@@H](O)/C=C/C=C\C/C=C\C/C=C\C=C\[C@@H](O)CCCC(=O)O. The number of aliphatic hydroxyl groups excluding tert-OH is 2. The van der Waals surface area contributed by atoms with Crippen LogP contribution >= 0.6 is 0 Å². The van der Waals surface area contributed by atoms with Gasteiger partial charge < -0.3 is 15.3 Å². The maximum absolute atomic E-state index is 10.3. The standard InChI is InChI=1S/C20H30O4/c1-2-18(21)14-11-9-7-5-3-4-6-8-10-12-15-19(22)16-13-17-20(23)24/h3-4,7-12,14-15,18-19,21-22H,2,5-6,13,16-17H2,1H3,(H,23,24)/b4-3-,9-7-,10-8-,14-11+,15-12+/t18-,19-/m1/s1. The number of carbonyl (C=O) groups is 1. The summed E-state index contributed by atoms with van der Waals surface area (Å²) in [5.41, 5.74) is 0. The summed E-state index contributed by atoms with van der Waals surface area (Å²) >= 11 is 0. The topological polar surface area (TPSA) is 77.8 Å². The van der Waals surface area contributed by atoms with Gasteiger partial charge in [-0.15, -0.1) is 0 Å². The van der Waals surface area contributed by atoms with Gasteiger partial charge in [-0.3, -0.25) is 4.79 Å². The molecule has 24 heavy (non-hydrogen) atoms. The molecule has 0 fully saturated rings. The predicted molar refractivity (Wildman–Crippen MR) is 98.7 cm³/mol. The van der Waals surface area contributed by atoms with Crippen LogP contribution in [0, 0.1) is 0 Å². The lowest BCUT2D eigenvalue weighted by Gasteiger charge is -2.02. The second-order valence-electron chi connectivity index (χ2n) is 5.40. The van der Waals surface area contributed by atoms with Gasteiger partial charge in [-0.2, -0.15) is 0 Å². The van der Waals surface area contributed by atoms with Crippen LogP contribution in [0.3, 0.4) is 0 Å². The number of aliphatic hydroxyl groups is 2. The fourth-order valence-corrected chi connectivity index (χ4v) is 1.74. The van der Waals surface area contributed by atoms with Crippen LogP contribution < -0.4 is 0 Å². The molecule has 0 saturated carbocycles. The summed E-state index contributed by atoms with van der Waals surface area (Å²) in [6.07, 6.45) is 21.5. The molecule has 0 heterocycles. The van der Waals surface area contributed by atoms with Crippen molar-refractivity contribution in [3.8, 4) is 0 Å². The first-order chi connectivity index (χ1) is 11.6. The van der Waals surface area contributed by atoms with Gasteiger partial charge in [-0.05, 0) is 32.1 Å². The fraction of sp³-hybridized carbons (Fsp3) is 0.450. The molecule has 0 rings (SSSR count). The van der Waals surface area contributed by atoms with E-state index in [1.54, 1.807) is 18.2 Å². The minimum Gasteiger partial charge on any atom is -0.481 e. The second kappa shape index (κ2) is 16.0. The van der Waals surface area contributed by atoms with Gasteiger partial charge in [-0.1, -0.05) is 67.7 Å². The molecule has 4 nitrogen and oxygen atoms in total. The summed E-state index contributed by atoms with van der Waals surface area (Å²) in [4.78, 5) is 10.3. The Labute approximate surface area is 145 Å². The third-order valence-corrected chi connectivity index (χ3v) is 3.18. The minimum absolute atomic E-state index is 0.0922. The molecule has 0 aromatic heterocycles. The number of rotatable bonds is 13. The van der Waals surface area contributed by atoms with E-state index in [2.05, 4.69) is 12.2 Å².